The number of hydrogen-bond acceptors (Lipinski definition) is 3. The standard InChI is InChI=1S/C12H27BO3Si/c1-11(2,3)17(6,7)16-8-9(14)12(4,5)15-10(8)13/h8-10,14H,13H2,1-7H3/t8-,9?,10+/m0/s1/i4D/t8-,9?,10+,12-. The second-order valence-electron chi connectivity index (χ2n) is 6.92. The van der Waals surface area contributed by atoms with Crippen molar-refractivity contribution in [2.24, 2.45) is 0 Å². The minimum Gasteiger partial charge on any atom is -0.409 e. The van der Waals surface area contributed by atoms with Gasteiger partial charge in [-0.15, -0.1) is 0 Å². The Balaban J connectivity index is 2.86. The van der Waals surface area contributed by atoms with Crippen molar-refractivity contribution in [3.8, 4) is 0 Å². The molecule has 1 unspecified atom stereocenters. The maximum absolute atomic E-state index is 10.4. The Bertz CT molecular complexity index is 308. The number of aliphatic hydroxyl groups excluding tert-OH is 1. The van der Waals surface area contributed by atoms with Crippen LogP contribution in [0.25, 0.3) is 0 Å². The van der Waals surface area contributed by atoms with Crippen LogP contribution in [0.3, 0.4) is 0 Å². The van der Waals surface area contributed by atoms with Crippen molar-refractivity contribution < 1.29 is 15.6 Å². The molecule has 0 aliphatic carbocycles. The molecule has 1 aliphatic heterocycles. The minimum atomic E-state index is -1.93. The Morgan fingerprint density at radius 1 is 1.47 bits per heavy atom. The zero-order chi connectivity index (χ0) is 14.4. The summed E-state index contributed by atoms with van der Waals surface area (Å²) in [5, 5.41) is 10.5. The third kappa shape index (κ3) is 2.95. The summed E-state index contributed by atoms with van der Waals surface area (Å²) in [7, 11) is -0.0115. The van der Waals surface area contributed by atoms with E-state index in [9.17, 15) is 5.11 Å². The molecule has 0 radical (unpaired) electrons. The average Bonchev–Trinajstić information content (AvgIpc) is 2.41. The highest BCUT2D eigenvalue weighted by Crippen LogP contribution is 2.40. The lowest BCUT2D eigenvalue weighted by atomic mass is 9.91. The van der Waals surface area contributed by atoms with Crippen LogP contribution in [0.5, 0.6) is 0 Å². The third-order valence-corrected chi connectivity index (χ3v) is 8.57. The van der Waals surface area contributed by atoms with E-state index in [1.54, 1.807) is 6.92 Å². The Labute approximate surface area is 109 Å². The highest BCUT2D eigenvalue weighted by Gasteiger charge is 2.51. The Kier molecular flexibility index (Phi) is 3.49. The van der Waals surface area contributed by atoms with Crippen LogP contribution in [0.15, 0.2) is 0 Å². The van der Waals surface area contributed by atoms with E-state index in [1.165, 1.54) is 0 Å². The maximum atomic E-state index is 10.4. The van der Waals surface area contributed by atoms with Crippen LogP contribution in [0.1, 0.15) is 36.0 Å². The fourth-order valence-corrected chi connectivity index (χ4v) is 3.20. The highest BCUT2D eigenvalue weighted by molar-refractivity contribution is 6.74. The zero-order valence-corrected chi connectivity index (χ0v) is 13.2. The first kappa shape index (κ1) is 13.6. The van der Waals surface area contributed by atoms with Crippen LogP contribution in [0, 0.1) is 0 Å². The van der Waals surface area contributed by atoms with Gasteiger partial charge in [-0.3, -0.25) is 0 Å². The van der Waals surface area contributed by atoms with Gasteiger partial charge in [0, 0.05) is 1.37 Å². The van der Waals surface area contributed by atoms with Gasteiger partial charge in [0.25, 0.3) is 0 Å². The summed E-state index contributed by atoms with van der Waals surface area (Å²) in [6.07, 6.45) is -1.04. The van der Waals surface area contributed by atoms with Gasteiger partial charge in [-0.2, -0.15) is 0 Å². The molecule has 1 rings (SSSR count). The topological polar surface area (TPSA) is 38.7 Å². The smallest absolute Gasteiger partial charge is 0.192 e. The van der Waals surface area contributed by atoms with E-state index in [1.807, 2.05) is 7.85 Å². The molecule has 1 fully saturated rings. The molecule has 1 N–H and O–H groups in total. The quantitative estimate of drug-likeness (QED) is 0.764. The summed E-state index contributed by atoms with van der Waals surface area (Å²) < 4.78 is 19.5. The number of aliphatic hydroxyl groups is 1. The summed E-state index contributed by atoms with van der Waals surface area (Å²) in [4.78, 5) is 0. The Morgan fingerprint density at radius 2 is 2.00 bits per heavy atom. The van der Waals surface area contributed by atoms with Crippen molar-refractivity contribution in [1.82, 2.24) is 0 Å². The van der Waals surface area contributed by atoms with E-state index >= 15 is 0 Å². The van der Waals surface area contributed by atoms with Crippen LogP contribution < -0.4 is 0 Å². The Hall–Kier alpha value is 0.162. The molecule has 3 nitrogen and oxygen atoms in total. The molecule has 100 valence electrons. The first-order chi connectivity index (χ1) is 7.94. The molecule has 0 spiro atoms. The summed E-state index contributed by atoms with van der Waals surface area (Å²) >= 11 is 0. The molecule has 0 amide bonds. The normalized spacial score (nSPS) is 40.4. The number of rotatable bonds is 2. The van der Waals surface area contributed by atoms with E-state index in [2.05, 4.69) is 33.9 Å². The van der Waals surface area contributed by atoms with Gasteiger partial charge >= 0.3 is 0 Å². The minimum absolute atomic E-state index is 0.0515. The fraction of sp³-hybridized carbons (Fsp3) is 1.00. The molecule has 0 aromatic rings. The van der Waals surface area contributed by atoms with Crippen LogP contribution in [0.2, 0.25) is 18.1 Å². The predicted octanol–water partition coefficient (Wildman–Crippen LogP) is 1.51. The summed E-state index contributed by atoms with van der Waals surface area (Å²) in [5.41, 5.74) is -0.799. The number of hydrogen-bond donors (Lipinski definition) is 1. The van der Waals surface area contributed by atoms with Gasteiger partial charge in [0.1, 0.15) is 14.0 Å². The van der Waals surface area contributed by atoms with Gasteiger partial charge in [0.15, 0.2) is 8.32 Å². The van der Waals surface area contributed by atoms with E-state index in [0.29, 0.717) is 0 Å². The van der Waals surface area contributed by atoms with Crippen molar-refractivity contribution >= 4 is 16.2 Å². The van der Waals surface area contributed by atoms with Crippen LogP contribution in [-0.4, -0.2) is 45.1 Å². The van der Waals surface area contributed by atoms with E-state index in [0.717, 1.165) is 0 Å². The van der Waals surface area contributed by atoms with E-state index in [-0.39, 0.29) is 24.0 Å². The van der Waals surface area contributed by atoms with Crippen LogP contribution in [0.4, 0.5) is 0 Å². The summed E-state index contributed by atoms with van der Waals surface area (Å²) in [6, 6.07) is -0.163. The molecule has 4 atom stereocenters. The molecule has 0 aromatic carbocycles. The van der Waals surface area contributed by atoms with Crippen LogP contribution in [-0.2, 0) is 9.16 Å². The molecule has 0 saturated carbocycles. The van der Waals surface area contributed by atoms with Crippen molar-refractivity contribution in [3.05, 3.63) is 0 Å². The molecular formula is C12H27BO3Si. The van der Waals surface area contributed by atoms with Crippen molar-refractivity contribution in [2.75, 3.05) is 0 Å². The second-order valence-corrected chi connectivity index (χ2v) is 11.7. The van der Waals surface area contributed by atoms with Gasteiger partial charge in [0.2, 0.25) is 0 Å². The van der Waals surface area contributed by atoms with Crippen LogP contribution >= 0.6 is 0 Å². The average molecular weight is 259 g/mol. The Morgan fingerprint density at radius 3 is 2.35 bits per heavy atom. The van der Waals surface area contributed by atoms with Crippen molar-refractivity contribution in [3.63, 3.8) is 0 Å². The second kappa shape index (κ2) is 4.37. The van der Waals surface area contributed by atoms with Gasteiger partial charge < -0.3 is 14.3 Å². The first-order valence-electron chi connectivity index (χ1n) is 6.98. The molecule has 0 aromatic heterocycles. The molecule has 1 saturated heterocycles. The van der Waals surface area contributed by atoms with Crippen molar-refractivity contribution in [2.45, 2.75) is 76.5 Å². The lowest BCUT2D eigenvalue weighted by Gasteiger charge is -2.40. The number of ether oxygens (including phenoxy) is 1. The summed E-state index contributed by atoms with van der Waals surface area (Å²) in [5.74, 6) is 0. The van der Waals surface area contributed by atoms with Gasteiger partial charge in [0.05, 0.1) is 17.7 Å². The predicted molar refractivity (Wildman–Crippen MR) is 75.6 cm³/mol. The molecule has 17 heavy (non-hydrogen) atoms. The SMILES string of the molecule is [2H]C[C@@]1(C)O[C@@H](B)[C@@H](O[Si](C)(C)C(C)(C)C)C1O. The first-order valence-corrected chi connectivity index (χ1v) is 9.18. The molecule has 1 heterocycles. The van der Waals surface area contributed by atoms with Gasteiger partial charge in [-0.25, -0.2) is 0 Å². The third-order valence-electron chi connectivity index (χ3n) is 4.09. The zero-order valence-electron chi connectivity index (χ0n) is 13.2. The molecule has 5 heteroatoms. The summed E-state index contributed by atoms with van der Waals surface area (Å²) in [6.45, 7) is 12.7. The highest BCUT2D eigenvalue weighted by atomic mass is 28.4. The molecule has 0 bridgehead atoms. The van der Waals surface area contributed by atoms with Gasteiger partial charge in [-0.05, 0) is 32.0 Å². The van der Waals surface area contributed by atoms with Crippen molar-refractivity contribution in [1.29, 1.82) is 0 Å². The largest absolute Gasteiger partial charge is 0.409 e. The maximum Gasteiger partial charge on any atom is 0.192 e. The lowest BCUT2D eigenvalue weighted by molar-refractivity contribution is -0.0410. The van der Waals surface area contributed by atoms with E-state index < -0.39 is 20.0 Å². The lowest BCUT2D eigenvalue weighted by Crippen LogP contribution is -2.50. The molecule has 1 aliphatic rings. The monoisotopic (exact) mass is 259 g/mol. The fourth-order valence-electron chi connectivity index (χ4n) is 1.84. The van der Waals surface area contributed by atoms with E-state index in [4.69, 9.17) is 10.5 Å². The molecular weight excluding hydrogens is 231 g/mol. The van der Waals surface area contributed by atoms with Gasteiger partial charge in [-0.1, -0.05) is 20.8 Å².